The molecule has 0 saturated carbocycles. The summed E-state index contributed by atoms with van der Waals surface area (Å²) in [5.41, 5.74) is 2.34. The van der Waals surface area contributed by atoms with E-state index in [9.17, 15) is 0 Å². The maximum Gasteiger partial charge on any atom is 0.0745 e. The van der Waals surface area contributed by atoms with Gasteiger partial charge < -0.3 is 10.4 Å². The Morgan fingerprint density at radius 1 is 1.06 bits per heavy atom. The normalized spacial score (nSPS) is 12.7. The van der Waals surface area contributed by atoms with Gasteiger partial charge in [0, 0.05) is 16.0 Å². The summed E-state index contributed by atoms with van der Waals surface area (Å²) in [4.78, 5) is 0.605. The lowest BCUT2D eigenvalue weighted by molar-refractivity contribution is 0.321. The molecule has 0 atom stereocenters. The third-order valence-electron chi connectivity index (χ3n) is 2.43. The van der Waals surface area contributed by atoms with Crippen LogP contribution in [0.25, 0.3) is 0 Å². The molecule has 1 aromatic carbocycles. The van der Waals surface area contributed by atoms with Gasteiger partial charge in [0.2, 0.25) is 0 Å². The number of nitrogens with zero attached hydrogens (tertiary/aromatic N) is 2. The summed E-state index contributed by atoms with van der Waals surface area (Å²) in [6.45, 7) is 6.21. The Kier molecular flexibility index (Phi) is 4.17. The molecule has 2 N–H and O–H groups in total. The standard InChI is InChI=1S/C12H16N2O2S/c1-12(2,3)10-4-8(6-13-15)11(17)9(5-10)7-14-16/h4-7,15-17H,1-3H3/b13-6+,14-7+. The first kappa shape index (κ1) is 13.6. The Balaban J connectivity index is 3.47. The summed E-state index contributed by atoms with van der Waals surface area (Å²) in [6, 6.07) is 3.80. The average molecular weight is 252 g/mol. The zero-order chi connectivity index (χ0) is 13.1. The third-order valence-corrected chi connectivity index (χ3v) is 2.94. The van der Waals surface area contributed by atoms with Crippen LogP contribution in [0, 0.1) is 0 Å². The van der Waals surface area contributed by atoms with Gasteiger partial charge in [-0.2, -0.15) is 0 Å². The maximum atomic E-state index is 8.61. The van der Waals surface area contributed by atoms with Crippen LogP contribution in [0.2, 0.25) is 0 Å². The Labute approximate surface area is 106 Å². The van der Waals surface area contributed by atoms with Crippen molar-refractivity contribution in [2.45, 2.75) is 31.1 Å². The fourth-order valence-electron chi connectivity index (χ4n) is 1.43. The van der Waals surface area contributed by atoms with Crippen LogP contribution < -0.4 is 0 Å². The molecule has 1 rings (SSSR count). The van der Waals surface area contributed by atoms with Gasteiger partial charge in [0.15, 0.2) is 0 Å². The first-order valence-corrected chi connectivity index (χ1v) is 5.57. The molecular formula is C12H16N2O2S. The Morgan fingerprint density at radius 3 is 1.76 bits per heavy atom. The highest BCUT2D eigenvalue weighted by Gasteiger charge is 2.16. The molecule has 1 aromatic rings. The second-order valence-corrected chi connectivity index (χ2v) is 5.19. The quantitative estimate of drug-likeness (QED) is 0.328. The summed E-state index contributed by atoms with van der Waals surface area (Å²) < 4.78 is 0. The van der Waals surface area contributed by atoms with Crippen LogP contribution >= 0.6 is 12.6 Å². The lowest BCUT2D eigenvalue weighted by Gasteiger charge is -2.21. The highest BCUT2D eigenvalue weighted by molar-refractivity contribution is 7.80. The Bertz CT molecular complexity index is 429. The molecule has 0 radical (unpaired) electrons. The number of rotatable bonds is 2. The SMILES string of the molecule is CC(C)(C)c1cc(/C=N/O)c(S)c(/C=N/O)c1. The first-order valence-electron chi connectivity index (χ1n) is 5.12. The number of oxime groups is 2. The molecule has 0 saturated heterocycles. The molecule has 0 spiro atoms. The van der Waals surface area contributed by atoms with Gasteiger partial charge >= 0.3 is 0 Å². The van der Waals surface area contributed by atoms with E-state index in [1.54, 1.807) is 0 Å². The van der Waals surface area contributed by atoms with E-state index in [1.165, 1.54) is 12.4 Å². The van der Waals surface area contributed by atoms with Crippen molar-refractivity contribution in [3.8, 4) is 0 Å². The first-order chi connectivity index (χ1) is 7.90. The Morgan fingerprint density at radius 2 is 1.47 bits per heavy atom. The minimum atomic E-state index is -0.0580. The molecule has 0 aliphatic rings. The fourth-order valence-corrected chi connectivity index (χ4v) is 1.68. The van der Waals surface area contributed by atoms with Gasteiger partial charge in [-0.15, -0.1) is 12.6 Å². The van der Waals surface area contributed by atoms with Crippen molar-refractivity contribution in [1.29, 1.82) is 0 Å². The number of hydrogen-bond acceptors (Lipinski definition) is 5. The van der Waals surface area contributed by atoms with Gasteiger partial charge in [0.1, 0.15) is 0 Å². The van der Waals surface area contributed by atoms with Gasteiger partial charge in [-0.1, -0.05) is 31.1 Å². The van der Waals surface area contributed by atoms with Gasteiger partial charge in [0.25, 0.3) is 0 Å². The zero-order valence-electron chi connectivity index (χ0n) is 10.0. The number of hydrogen-bond donors (Lipinski definition) is 3. The summed E-state index contributed by atoms with van der Waals surface area (Å²) in [5, 5.41) is 23.2. The van der Waals surface area contributed by atoms with Crippen molar-refractivity contribution in [1.82, 2.24) is 0 Å². The lowest BCUT2D eigenvalue weighted by atomic mass is 9.85. The molecule has 0 aliphatic carbocycles. The predicted molar refractivity (Wildman–Crippen MR) is 71.2 cm³/mol. The molecule has 0 bridgehead atoms. The molecule has 0 unspecified atom stereocenters. The number of thiol groups is 1. The van der Waals surface area contributed by atoms with Crippen LogP contribution in [-0.2, 0) is 5.41 Å². The molecule has 0 heterocycles. The topological polar surface area (TPSA) is 65.2 Å². The molecule has 0 amide bonds. The molecule has 0 aliphatic heterocycles. The zero-order valence-corrected chi connectivity index (χ0v) is 10.9. The highest BCUT2D eigenvalue weighted by atomic mass is 32.1. The Hall–Kier alpha value is -1.49. The maximum absolute atomic E-state index is 8.61. The molecule has 92 valence electrons. The average Bonchev–Trinajstić information content (AvgIpc) is 2.22. The van der Waals surface area contributed by atoms with Crippen molar-refractivity contribution in [2.75, 3.05) is 0 Å². The van der Waals surface area contributed by atoms with E-state index < -0.39 is 0 Å². The van der Waals surface area contributed by atoms with Crippen LogP contribution in [0.5, 0.6) is 0 Å². The van der Waals surface area contributed by atoms with Gasteiger partial charge in [-0.05, 0) is 23.1 Å². The van der Waals surface area contributed by atoms with Crippen LogP contribution in [0.1, 0.15) is 37.5 Å². The minimum absolute atomic E-state index is 0.0580. The second kappa shape index (κ2) is 5.23. The molecule has 0 fully saturated rings. The largest absolute Gasteiger partial charge is 0.411 e. The molecular weight excluding hydrogens is 236 g/mol. The van der Waals surface area contributed by atoms with E-state index in [-0.39, 0.29) is 5.41 Å². The van der Waals surface area contributed by atoms with Crippen molar-refractivity contribution in [2.24, 2.45) is 10.3 Å². The van der Waals surface area contributed by atoms with Crippen LogP contribution in [0.15, 0.2) is 27.3 Å². The van der Waals surface area contributed by atoms with Gasteiger partial charge in [0.05, 0.1) is 12.4 Å². The van der Waals surface area contributed by atoms with E-state index in [0.29, 0.717) is 16.0 Å². The van der Waals surface area contributed by atoms with Crippen LogP contribution in [0.3, 0.4) is 0 Å². The van der Waals surface area contributed by atoms with E-state index >= 15 is 0 Å². The van der Waals surface area contributed by atoms with E-state index in [1.807, 2.05) is 12.1 Å². The van der Waals surface area contributed by atoms with E-state index in [0.717, 1.165) is 5.56 Å². The summed E-state index contributed by atoms with van der Waals surface area (Å²) >= 11 is 4.32. The third kappa shape index (κ3) is 3.23. The highest BCUT2D eigenvalue weighted by Crippen LogP contribution is 2.27. The van der Waals surface area contributed by atoms with Gasteiger partial charge in [-0.3, -0.25) is 0 Å². The van der Waals surface area contributed by atoms with Crippen LogP contribution in [-0.4, -0.2) is 22.8 Å². The molecule has 0 aromatic heterocycles. The molecule has 5 heteroatoms. The molecule has 17 heavy (non-hydrogen) atoms. The predicted octanol–water partition coefficient (Wildman–Crippen LogP) is 2.89. The minimum Gasteiger partial charge on any atom is -0.411 e. The smallest absolute Gasteiger partial charge is 0.0745 e. The number of benzene rings is 1. The van der Waals surface area contributed by atoms with Crippen molar-refractivity contribution in [3.63, 3.8) is 0 Å². The monoisotopic (exact) mass is 252 g/mol. The van der Waals surface area contributed by atoms with Crippen LogP contribution in [0.4, 0.5) is 0 Å². The lowest BCUT2D eigenvalue weighted by Crippen LogP contribution is -2.12. The fraction of sp³-hybridized carbons (Fsp3) is 0.333. The second-order valence-electron chi connectivity index (χ2n) is 4.74. The van der Waals surface area contributed by atoms with E-state index in [4.69, 9.17) is 10.4 Å². The summed E-state index contributed by atoms with van der Waals surface area (Å²) in [6.07, 6.45) is 2.62. The van der Waals surface area contributed by atoms with E-state index in [2.05, 4.69) is 43.7 Å². The van der Waals surface area contributed by atoms with Gasteiger partial charge in [-0.25, -0.2) is 0 Å². The molecule has 4 nitrogen and oxygen atoms in total. The van der Waals surface area contributed by atoms with Crippen molar-refractivity contribution < 1.29 is 10.4 Å². The summed E-state index contributed by atoms with van der Waals surface area (Å²) in [7, 11) is 0. The summed E-state index contributed by atoms with van der Waals surface area (Å²) in [5.74, 6) is 0. The van der Waals surface area contributed by atoms with Crippen molar-refractivity contribution in [3.05, 3.63) is 28.8 Å². The van der Waals surface area contributed by atoms with Crippen molar-refractivity contribution >= 4 is 25.1 Å².